The van der Waals surface area contributed by atoms with Crippen LogP contribution in [0.4, 0.5) is 0 Å². The first kappa shape index (κ1) is 35.0. The van der Waals surface area contributed by atoms with E-state index in [1.54, 1.807) is 36.9 Å². The van der Waals surface area contributed by atoms with Gasteiger partial charge in [-0.15, -0.1) is 0 Å². The zero-order valence-corrected chi connectivity index (χ0v) is 27.4. The molecule has 1 aliphatic heterocycles. The summed E-state index contributed by atoms with van der Waals surface area (Å²) in [5.74, 6) is -1.18. The van der Waals surface area contributed by atoms with Crippen LogP contribution in [-0.4, -0.2) is 85.4 Å². The first-order chi connectivity index (χ1) is 19.5. The molecule has 2 rings (SSSR count). The average molecular weight is 585 g/mol. The molecular formula is C33H52N4O5. The molecule has 0 radical (unpaired) electrons. The zero-order chi connectivity index (χ0) is 32.0. The van der Waals surface area contributed by atoms with Gasteiger partial charge in [0.1, 0.15) is 12.1 Å². The van der Waals surface area contributed by atoms with Crippen LogP contribution < -0.4 is 10.6 Å². The second-order valence-corrected chi connectivity index (χ2v) is 13.3. The summed E-state index contributed by atoms with van der Waals surface area (Å²) in [6.07, 6.45) is 3.05. The Bertz CT molecular complexity index is 1140. The maximum atomic E-state index is 14.0. The number of amides is 3. The van der Waals surface area contributed by atoms with E-state index in [0.717, 1.165) is 12.0 Å². The van der Waals surface area contributed by atoms with Gasteiger partial charge in [-0.2, -0.15) is 0 Å². The van der Waals surface area contributed by atoms with E-state index >= 15 is 0 Å². The van der Waals surface area contributed by atoms with Crippen LogP contribution in [0.3, 0.4) is 0 Å². The van der Waals surface area contributed by atoms with E-state index in [-0.39, 0.29) is 23.6 Å². The third-order valence-corrected chi connectivity index (χ3v) is 8.36. The minimum absolute atomic E-state index is 0.0321. The van der Waals surface area contributed by atoms with Crippen molar-refractivity contribution in [3.05, 3.63) is 47.5 Å². The molecule has 1 fully saturated rings. The Kier molecular flexibility index (Phi) is 11.9. The summed E-state index contributed by atoms with van der Waals surface area (Å²) in [4.78, 5) is 56.6. The normalized spacial score (nSPS) is 18.3. The van der Waals surface area contributed by atoms with Gasteiger partial charge in [0, 0.05) is 24.6 Å². The van der Waals surface area contributed by atoms with Gasteiger partial charge in [-0.25, -0.2) is 4.79 Å². The van der Waals surface area contributed by atoms with Crippen molar-refractivity contribution in [3.63, 3.8) is 0 Å². The molecule has 0 unspecified atom stereocenters. The molecule has 9 nitrogen and oxygen atoms in total. The number of esters is 1. The Morgan fingerprint density at radius 2 is 1.67 bits per heavy atom. The molecule has 0 bridgehead atoms. The maximum Gasteiger partial charge on any atom is 0.328 e. The monoisotopic (exact) mass is 584 g/mol. The van der Waals surface area contributed by atoms with Gasteiger partial charge < -0.3 is 25.2 Å². The predicted molar refractivity (Wildman–Crippen MR) is 166 cm³/mol. The van der Waals surface area contributed by atoms with Crippen molar-refractivity contribution in [2.75, 3.05) is 27.7 Å². The third kappa shape index (κ3) is 8.00. The van der Waals surface area contributed by atoms with E-state index in [0.29, 0.717) is 18.5 Å². The lowest BCUT2D eigenvalue weighted by molar-refractivity contribution is -0.149. The van der Waals surface area contributed by atoms with Crippen LogP contribution in [0, 0.1) is 11.3 Å². The number of nitrogens with one attached hydrogen (secondary N) is 2. The van der Waals surface area contributed by atoms with Crippen molar-refractivity contribution >= 4 is 23.7 Å². The van der Waals surface area contributed by atoms with Crippen LogP contribution in [-0.2, 0) is 29.3 Å². The first-order valence-electron chi connectivity index (χ1n) is 14.9. The smallest absolute Gasteiger partial charge is 0.328 e. The molecule has 3 amide bonds. The third-order valence-electron chi connectivity index (χ3n) is 8.36. The van der Waals surface area contributed by atoms with Gasteiger partial charge in [-0.1, -0.05) is 84.9 Å². The predicted octanol–water partition coefficient (Wildman–Crippen LogP) is 3.68. The number of ether oxygens (including phenoxy) is 1. The van der Waals surface area contributed by atoms with Crippen LogP contribution in [0.2, 0.25) is 0 Å². The standard InChI is InChI=1S/C33H52N4O5/c1-21(2)24(20-22(3)29(39)37-19-15-18-25(37)31(41)42-11)35-28(38)27(32(4,5)6)36(10)30(40)26(34-9)33(7,8)23-16-13-12-14-17-23/h12-14,16-17,20-21,24-27,34H,15,18-19H2,1-11H3,(H,35,38)/b22-20+/t24-,25+,26-,27-/m1/s1. The van der Waals surface area contributed by atoms with Gasteiger partial charge in [0.2, 0.25) is 17.7 Å². The van der Waals surface area contributed by atoms with Gasteiger partial charge in [0.15, 0.2) is 0 Å². The van der Waals surface area contributed by atoms with E-state index in [1.165, 1.54) is 7.11 Å². The molecule has 42 heavy (non-hydrogen) atoms. The highest BCUT2D eigenvalue weighted by atomic mass is 16.5. The number of benzene rings is 1. The molecule has 1 aliphatic rings. The van der Waals surface area contributed by atoms with Gasteiger partial charge in [-0.3, -0.25) is 14.4 Å². The van der Waals surface area contributed by atoms with Crippen LogP contribution >= 0.6 is 0 Å². The Balaban J connectivity index is 2.33. The molecule has 1 heterocycles. The van der Waals surface area contributed by atoms with E-state index in [1.807, 2.05) is 78.8 Å². The molecule has 1 aromatic carbocycles. The number of rotatable bonds is 11. The molecule has 234 valence electrons. The van der Waals surface area contributed by atoms with Crippen molar-refractivity contribution in [2.45, 2.75) is 97.8 Å². The Labute approximate surface area is 252 Å². The zero-order valence-electron chi connectivity index (χ0n) is 27.4. The number of hydrogen-bond donors (Lipinski definition) is 2. The number of carbonyl (C=O) groups is 4. The number of likely N-dealkylation sites (N-methyl/N-ethyl adjacent to an activating group) is 2. The van der Waals surface area contributed by atoms with Crippen molar-refractivity contribution in [1.82, 2.24) is 20.4 Å². The van der Waals surface area contributed by atoms with Gasteiger partial charge in [0.25, 0.3) is 0 Å². The minimum atomic E-state index is -0.777. The Hall–Kier alpha value is -3.20. The fraction of sp³-hybridized carbons (Fsp3) is 0.636. The molecule has 0 spiro atoms. The fourth-order valence-corrected chi connectivity index (χ4v) is 5.91. The average Bonchev–Trinajstić information content (AvgIpc) is 3.41. The summed E-state index contributed by atoms with van der Waals surface area (Å²) in [5, 5.41) is 6.31. The molecule has 2 N–H and O–H groups in total. The van der Waals surface area contributed by atoms with Gasteiger partial charge >= 0.3 is 5.97 Å². The lowest BCUT2D eigenvalue weighted by Gasteiger charge is -2.42. The van der Waals surface area contributed by atoms with E-state index < -0.39 is 41.0 Å². The van der Waals surface area contributed by atoms with Crippen molar-refractivity contribution in [2.24, 2.45) is 11.3 Å². The maximum absolute atomic E-state index is 14.0. The van der Waals surface area contributed by atoms with Crippen molar-refractivity contribution in [3.8, 4) is 0 Å². The largest absolute Gasteiger partial charge is 0.467 e. The first-order valence-corrected chi connectivity index (χ1v) is 14.9. The molecule has 9 heteroatoms. The van der Waals surface area contributed by atoms with E-state index in [2.05, 4.69) is 10.6 Å². The SMILES string of the molecule is CN[C@H](C(=O)N(C)[C@H](C(=O)N[C@H](/C=C(\C)C(=O)N1CCC[C@H]1C(=O)OC)C(C)C)C(C)(C)C)C(C)(C)c1ccccc1. The number of carbonyl (C=O) groups excluding carboxylic acids is 4. The number of methoxy groups -OCH3 is 1. The summed E-state index contributed by atoms with van der Waals surface area (Å²) >= 11 is 0. The molecule has 0 saturated carbocycles. The number of hydrogen-bond acceptors (Lipinski definition) is 6. The highest BCUT2D eigenvalue weighted by molar-refractivity contribution is 5.96. The Morgan fingerprint density at radius 1 is 1.07 bits per heavy atom. The highest BCUT2D eigenvalue weighted by Crippen LogP contribution is 2.31. The lowest BCUT2D eigenvalue weighted by atomic mass is 9.76. The van der Waals surface area contributed by atoms with E-state index in [4.69, 9.17) is 4.74 Å². The summed E-state index contributed by atoms with van der Waals surface area (Å²) in [7, 11) is 4.77. The lowest BCUT2D eigenvalue weighted by Crippen LogP contribution is -2.61. The van der Waals surface area contributed by atoms with Crippen LogP contribution in [0.25, 0.3) is 0 Å². The minimum Gasteiger partial charge on any atom is -0.467 e. The van der Waals surface area contributed by atoms with Crippen LogP contribution in [0.15, 0.2) is 42.0 Å². The van der Waals surface area contributed by atoms with Crippen molar-refractivity contribution < 1.29 is 23.9 Å². The van der Waals surface area contributed by atoms with E-state index in [9.17, 15) is 19.2 Å². The van der Waals surface area contributed by atoms with Crippen LogP contribution in [0.5, 0.6) is 0 Å². The fourth-order valence-electron chi connectivity index (χ4n) is 5.91. The quantitative estimate of drug-likeness (QED) is 0.304. The van der Waals surface area contributed by atoms with Crippen molar-refractivity contribution in [1.29, 1.82) is 0 Å². The second-order valence-electron chi connectivity index (χ2n) is 13.3. The molecule has 1 saturated heterocycles. The van der Waals surface area contributed by atoms with Gasteiger partial charge in [0.05, 0.1) is 19.2 Å². The summed E-state index contributed by atoms with van der Waals surface area (Å²) in [5.41, 5.74) is 0.337. The molecule has 0 aromatic heterocycles. The molecule has 4 atom stereocenters. The number of likely N-dealkylation sites (tertiary alicyclic amines) is 1. The summed E-state index contributed by atoms with van der Waals surface area (Å²) in [6, 6.07) is 7.45. The molecule has 1 aromatic rings. The number of nitrogens with zero attached hydrogens (tertiary/aromatic N) is 2. The van der Waals surface area contributed by atoms with Crippen LogP contribution in [0.1, 0.15) is 73.8 Å². The molecule has 0 aliphatic carbocycles. The summed E-state index contributed by atoms with van der Waals surface area (Å²) in [6.45, 7) is 16.0. The van der Waals surface area contributed by atoms with Gasteiger partial charge in [-0.05, 0) is 43.7 Å². The highest BCUT2D eigenvalue weighted by Gasteiger charge is 2.44. The summed E-state index contributed by atoms with van der Waals surface area (Å²) < 4.78 is 4.89. The Morgan fingerprint density at radius 3 is 2.17 bits per heavy atom. The topological polar surface area (TPSA) is 108 Å². The molecular weight excluding hydrogens is 532 g/mol. The second kappa shape index (κ2) is 14.3.